The third-order valence-electron chi connectivity index (χ3n) is 3.74. The molecular formula is C14H20F3N3. The van der Waals surface area contributed by atoms with Crippen LogP contribution in [-0.4, -0.2) is 24.6 Å². The van der Waals surface area contributed by atoms with E-state index in [1.165, 1.54) is 6.07 Å². The fraction of sp³-hybridized carbons (Fsp3) is 0.643. The Labute approximate surface area is 117 Å². The number of piperidine rings is 1. The van der Waals surface area contributed by atoms with Gasteiger partial charge in [-0.1, -0.05) is 13.0 Å². The average molecular weight is 287 g/mol. The summed E-state index contributed by atoms with van der Waals surface area (Å²) in [6.07, 6.45) is -1.88. The second kappa shape index (κ2) is 5.99. The molecule has 0 amide bonds. The molecule has 2 heterocycles. The van der Waals surface area contributed by atoms with E-state index < -0.39 is 11.9 Å². The van der Waals surface area contributed by atoms with Crippen molar-refractivity contribution >= 4 is 5.82 Å². The Morgan fingerprint density at radius 3 is 2.50 bits per heavy atom. The van der Waals surface area contributed by atoms with Crippen LogP contribution in [0.5, 0.6) is 0 Å². The molecule has 0 unspecified atom stereocenters. The highest BCUT2D eigenvalue weighted by Crippen LogP contribution is 2.32. The Kier molecular flexibility index (Phi) is 4.52. The van der Waals surface area contributed by atoms with Gasteiger partial charge >= 0.3 is 6.18 Å². The van der Waals surface area contributed by atoms with Gasteiger partial charge in [0.2, 0.25) is 0 Å². The van der Waals surface area contributed by atoms with Gasteiger partial charge in [0.15, 0.2) is 0 Å². The summed E-state index contributed by atoms with van der Waals surface area (Å²) in [5.41, 5.74) is 5.51. The largest absolute Gasteiger partial charge is 0.433 e. The second-order valence-electron chi connectivity index (χ2n) is 5.39. The van der Waals surface area contributed by atoms with Crippen LogP contribution in [0.4, 0.5) is 19.0 Å². The number of hydrogen-bond acceptors (Lipinski definition) is 3. The van der Waals surface area contributed by atoms with Gasteiger partial charge < -0.3 is 10.6 Å². The molecule has 2 N–H and O–H groups in total. The van der Waals surface area contributed by atoms with Crippen molar-refractivity contribution in [2.45, 2.75) is 32.4 Å². The fourth-order valence-corrected chi connectivity index (χ4v) is 2.48. The van der Waals surface area contributed by atoms with E-state index in [9.17, 15) is 13.2 Å². The minimum atomic E-state index is -4.40. The molecule has 1 aliphatic rings. The third kappa shape index (κ3) is 3.42. The maximum absolute atomic E-state index is 12.8. The van der Waals surface area contributed by atoms with E-state index in [-0.39, 0.29) is 0 Å². The van der Waals surface area contributed by atoms with Crippen LogP contribution in [0.3, 0.4) is 0 Å². The zero-order valence-corrected chi connectivity index (χ0v) is 11.6. The maximum atomic E-state index is 12.8. The number of aromatic nitrogens is 1. The molecule has 1 saturated heterocycles. The molecule has 1 fully saturated rings. The van der Waals surface area contributed by atoms with Gasteiger partial charge in [0.1, 0.15) is 11.5 Å². The Balaban J connectivity index is 2.31. The molecule has 1 aliphatic heterocycles. The van der Waals surface area contributed by atoms with Crippen LogP contribution < -0.4 is 10.6 Å². The minimum absolute atomic E-state index is 0.407. The number of halogens is 3. The number of nitrogens with zero attached hydrogens (tertiary/aromatic N) is 2. The summed E-state index contributed by atoms with van der Waals surface area (Å²) >= 11 is 0. The molecular weight excluding hydrogens is 267 g/mol. The lowest BCUT2D eigenvalue weighted by Gasteiger charge is -2.32. The number of nitrogens with two attached hydrogens (primary N) is 1. The van der Waals surface area contributed by atoms with Gasteiger partial charge in [-0.3, -0.25) is 0 Å². The number of anilines is 1. The van der Waals surface area contributed by atoms with Crippen molar-refractivity contribution in [2.24, 2.45) is 11.7 Å². The van der Waals surface area contributed by atoms with Crippen LogP contribution >= 0.6 is 0 Å². The molecule has 2 rings (SSSR count). The first-order valence-corrected chi connectivity index (χ1v) is 6.94. The molecule has 20 heavy (non-hydrogen) atoms. The molecule has 3 nitrogen and oxygen atoms in total. The standard InChI is InChI=1S/C14H20F3N3/c1-10-5-8-20(9-6-10)13-11(4-7-18)2-3-12(19-13)14(15,16)17/h2-3,10H,4-9,18H2,1H3. The maximum Gasteiger partial charge on any atom is 0.433 e. The molecule has 0 radical (unpaired) electrons. The Morgan fingerprint density at radius 1 is 1.30 bits per heavy atom. The van der Waals surface area contributed by atoms with E-state index in [1.54, 1.807) is 0 Å². The smallest absolute Gasteiger partial charge is 0.356 e. The van der Waals surface area contributed by atoms with Crippen molar-refractivity contribution in [1.82, 2.24) is 4.98 Å². The normalized spacial score (nSPS) is 17.6. The lowest BCUT2D eigenvalue weighted by atomic mass is 9.98. The zero-order chi connectivity index (χ0) is 14.8. The van der Waals surface area contributed by atoms with Gasteiger partial charge in [-0.25, -0.2) is 4.98 Å². The highest BCUT2D eigenvalue weighted by atomic mass is 19.4. The summed E-state index contributed by atoms with van der Waals surface area (Å²) in [7, 11) is 0. The summed E-state index contributed by atoms with van der Waals surface area (Å²) in [5.74, 6) is 1.08. The second-order valence-corrected chi connectivity index (χ2v) is 5.39. The molecule has 112 valence electrons. The first kappa shape index (κ1) is 15.1. The van der Waals surface area contributed by atoms with Gasteiger partial charge in [0, 0.05) is 13.1 Å². The van der Waals surface area contributed by atoms with Crippen LogP contribution in [0.15, 0.2) is 12.1 Å². The lowest BCUT2D eigenvalue weighted by molar-refractivity contribution is -0.141. The van der Waals surface area contributed by atoms with Crippen LogP contribution in [0.2, 0.25) is 0 Å². The van der Waals surface area contributed by atoms with Gasteiger partial charge in [-0.15, -0.1) is 0 Å². The highest BCUT2D eigenvalue weighted by molar-refractivity contribution is 5.48. The highest BCUT2D eigenvalue weighted by Gasteiger charge is 2.33. The lowest BCUT2D eigenvalue weighted by Crippen LogP contribution is -2.34. The predicted octanol–water partition coefficient (Wildman–Crippen LogP) is 2.84. The van der Waals surface area contributed by atoms with E-state index >= 15 is 0 Å². The molecule has 0 spiro atoms. The number of pyridine rings is 1. The Bertz CT molecular complexity index is 451. The Morgan fingerprint density at radius 2 is 1.95 bits per heavy atom. The molecule has 0 atom stereocenters. The monoisotopic (exact) mass is 287 g/mol. The van der Waals surface area contributed by atoms with Gasteiger partial charge in [-0.05, 0) is 43.4 Å². The number of rotatable bonds is 3. The summed E-state index contributed by atoms with van der Waals surface area (Å²) in [6, 6.07) is 2.55. The molecule has 6 heteroatoms. The SMILES string of the molecule is CC1CCN(c2nc(C(F)(F)F)ccc2CCN)CC1. The van der Waals surface area contributed by atoms with Crippen molar-refractivity contribution in [3.05, 3.63) is 23.4 Å². The molecule has 0 bridgehead atoms. The minimum Gasteiger partial charge on any atom is -0.356 e. The molecule has 1 aromatic rings. The van der Waals surface area contributed by atoms with E-state index in [1.807, 2.05) is 4.90 Å². The van der Waals surface area contributed by atoms with Crippen molar-refractivity contribution in [3.63, 3.8) is 0 Å². The van der Waals surface area contributed by atoms with Crippen molar-refractivity contribution in [2.75, 3.05) is 24.5 Å². The average Bonchev–Trinajstić information content (AvgIpc) is 2.39. The van der Waals surface area contributed by atoms with Crippen molar-refractivity contribution in [3.8, 4) is 0 Å². The van der Waals surface area contributed by atoms with Crippen molar-refractivity contribution in [1.29, 1.82) is 0 Å². The quantitative estimate of drug-likeness (QED) is 0.929. The van der Waals surface area contributed by atoms with Crippen LogP contribution in [0.25, 0.3) is 0 Å². The number of alkyl halides is 3. The fourth-order valence-electron chi connectivity index (χ4n) is 2.48. The summed E-state index contributed by atoms with van der Waals surface area (Å²) in [4.78, 5) is 5.82. The number of hydrogen-bond donors (Lipinski definition) is 1. The molecule has 1 aromatic heterocycles. The van der Waals surface area contributed by atoms with Gasteiger partial charge in [-0.2, -0.15) is 13.2 Å². The van der Waals surface area contributed by atoms with Gasteiger partial charge in [0.25, 0.3) is 0 Å². The van der Waals surface area contributed by atoms with Crippen LogP contribution in [0, 0.1) is 5.92 Å². The summed E-state index contributed by atoms with van der Waals surface area (Å²) in [5, 5.41) is 0. The predicted molar refractivity (Wildman–Crippen MR) is 72.6 cm³/mol. The zero-order valence-electron chi connectivity index (χ0n) is 11.6. The van der Waals surface area contributed by atoms with Crippen molar-refractivity contribution < 1.29 is 13.2 Å². The van der Waals surface area contributed by atoms with E-state index in [2.05, 4.69) is 11.9 Å². The van der Waals surface area contributed by atoms with Crippen LogP contribution in [-0.2, 0) is 12.6 Å². The van der Waals surface area contributed by atoms with Gasteiger partial charge in [0.05, 0.1) is 0 Å². The first-order chi connectivity index (χ1) is 9.41. The van der Waals surface area contributed by atoms with E-state index in [4.69, 9.17) is 5.73 Å². The van der Waals surface area contributed by atoms with Crippen LogP contribution in [0.1, 0.15) is 31.0 Å². The van der Waals surface area contributed by atoms with E-state index in [0.29, 0.717) is 24.7 Å². The summed E-state index contributed by atoms with van der Waals surface area (Å²) < 4.78 is 38.4. The topological polar surface area (TPSA) is 42.2 Å². The summed E-state index contributed by atoms with van der Waals surface area (Å²) in [6.45, 7) is 4.09. The van der Waals surface area contributed by atoms with E-state index in [0.717, 1.165) is 37.6 Å². The molecule has 0 saturated carbocycles. The third-order valence-corrected chi connectivity index (χ3v) is 3.74. The Hall–Kier alpha value is -1.30. The molecule has 0 aromatic carbocycles. The molecule has 0 aliphatic carbocycles. The first-order valence-electron chi connectivity index (χ1n) is 6.94.